The zero-order valence-corrected chi connectivity index (χ0v) is 10.3. The Morgan fingerprint density at radius 2 is 2.32 bits per heavy atom. The number of nitrogens with one attached hydrogen (secondary N) is 3. The molecule has 1 amide bonds. The number of hydrogen-bond donors (Lipinski definition) is 3. The zero-order valence-electron chi connectivity index (χ0n) is 10.3. The van der Waals surface area contributed by atoms with Crippen LogP contribution in [0.1, 0.15) is 25.2 Å². The highest BCUT2D eigenvalue weighted by Gasteiger charge is 2.61. The Labute approximate surface area is 108 Å². The molecule has 106 valence electrons. The molecule has 2 atom stereocenters. The number of nitrogens with zero attached hydrogens (tertiary/aromatic N) is 1. The maximum absolute atomic E-state index is 13.1. The molecule has 8 heteroatoms. The van der Waals surface area contributed by atoms with Gasteiger partial charge in [-0.25, -0.2) is 4.98 Å². The molecule has 0 aliphatic carbocycles. The molecule has 0 spiro atoms. The summed E-state index contributed by atoms with van der Waals surface area (Å²) in [5.74, 6) is -0.578. The van der Waals surface area contributed by atoms with Gasteiger partial charge in [0.05, 0.1) is 6.04 Å². The molecule has 19 heavy (non-hydrogen) atoms. The van der Waals surface area contributed by atoms with Gasteiger partial charge in [-0.05, 0) is 19.9 Å². The Morgan fingerprint density at radius 3 is 2.79 bits per heavy atom. The number of rotatable bonds is 3. The molecule has 3 N–H and O–H groups in total. The lowest BCUT2D eigenvalue weighted by atomic mass is 9.85. The van der Waals surface area contributed by atoms with Crippen LogP contribution in [0.4, 0.5) is 13.2 Å². The van der Waals surface area contributed by atoms with Gasteiger partial charge in [-0.1, -0.05) is 0 Å². The van der Waals surface area contributed by atoms with Crippen molar-refractivity contribution >= 4 is 5.91 Å². The molecule has 0 bridgehead atoms. The van der Waals surface area contributed by atoms with E-state index in [1.54, 1.807) is 13.1 Å². The van der Waals surface area contributed by atoms with Crippen molar-refractivity contribution in [2.45, 2.75) is 25.6 Å². The van der Waals surface area contributed by atoms with Crippen molar-refractivity contribution in [1.82, 2.24) is 20.6 Å². The summed E-state index contributed by atoms with van der Waals surface area (Å²) in [4.78, 5) is 18.7. The zero-order chi connectivity index (χ0) is 14.1. The quantitative estimate of drug-likeness (QED) is 0.775. The van der Waals surface area contributed by atoms with Gasteiger partial charge in [0.1, 0.15) is 5.82 Å². The Hall–Kier alpha value is -1.57. The first-order valence-electron chi connectivity index (χ1n) is 5.94. The maximum atomic E-state index is 13.1. The fourth-order valence-electron chi connectivity index (χ4n) is 2.17. The van der Waals surface area contributed by atoms with Crippen LogP contribution in [0.25, 0.3) is 0 Å². The Bertz CT molecular complexity index is 437. The lowest BCUT2D eigenvalue weighted by Gasteiger charge is -2.30. The summed E-state index contributed by atoms with van der Waals surface area (Å²) in [5.41, 5.74) is -2.34. The normalized spacial score (nSPS) is 25.3. The first-order valence-corrected chi connectivity index (χ1v) is 5.94. The van der Waals surface area contributed by atoms with Crippen molar-refractivity contribution in [2.24, 2.45) is 5.41 Å². The summed E-state index contributed by atoms with van der Waals surface area (Å²) in [6, 6.07) is -0.595. The summed E-state index contributed by atoms with van der Waals surface area (Å²) in [6.45, 7) is 1.39. The summed E-state index contributed by atoms with van der Waals surface area (Å²) < 4.78 is 39.4. The fraction of sp³-hybridized carbons (Fsp3) is 0.636. The third-order valence-electron chi connectivity index (χ3n) is 3.41. The third kappa shape index (κ3) is 2.44. The smallest absolute Gasteiger partial charge is 0.347 e. The van der Waals surface area contributed by atoms with E-state index in [1.807, 2.05) is 0 Å². The number of carbonyl (C=O) groups excluding carboxylic acids is 1. The van der Waals surface area contributed by atoms with E-state index < -0.39 is 23.5 Å². The van der Waals surface area contributed by atoms with E-state index in [2.05, 4.69) is 20.6 Å². The molecule has 2 unspecified atom stereocenters. The minimum absolute atomic E-state index is 0.183. The molecule has 0 saturated carbocycles. The van der Waals surface area contributed by atoms with E-state index in [1.165, 1.54) is 6.20 Å². The van der Waals surface area contributed by atoms with Crippen molar-refractivity contribution in [1.29, 1.82) is 0 Å². The molecule has 2 rings (SSSR count). The number of amides is 1. The number of aromatic amines is 1. The largest absolute Gasteiger partial charge is 0.404 e. The first-order chi connectivity index (χ1) is 8.87. The van der Waals surface area contributed by atoms with Gasteiger partial charge in [0.15, 0.2) is 5.41 Å². The predicted octanol–water partition coefficient (Wildman–Crippen LogP) is 1.13. The Balaban J connectivity index is 2.13. The van der Waals surface area contributed by atoms with Crippen molar-refractivity contribution < 1.29 is 18.0 Å². The third-order valence-corrected chi connectivity index (χ3v) is 3.41. The van der Waals surface area contributed by atoms with Crippen LogP contribution in [0.15, 0.2) is 12.4 Å². The fourth-order valence-corrected chi connectivity index (χ4v) is 2.17. The van der Waals surface area contributed by atoms with Gasteiger partial charge >= 0.3 is 6.18 Å². The second-order valence-electron chi connectivity index (χ2n) is 4.68. The second-order valence-corrected chi connectivity index (χ2v) is 4.68. The van der Waals surface area contributed by atoms with Gasteiger partial charge in [0.2, 0.25) is 5.91 Å². The molecule has 1 aliphatic heterocycles. The number of halogens is 3. The van der Waals surface area contributed by atoms with E-state index >= 15 is 0 Å². The van der Waals surface area contributed by atoms with Crippen LogP contribution in [0.5, 0.6) is 0 Å². The number of imidazole rings is 1. The number of carbonyl (C=O) groups is 1. The first kappa shape index (κ1) is 13.9. The summed E-state index contributed by atoms with van der Waals surface area (Å²) in [5, 5.41) is 4.98. The maximum Gasteiger partial charge on any atom is 0.404 e. The highest BCUT2D eigenvalue weighted by molar-refractivity contribution is 5.84. The van der Waals surface area contributed by atoms with Gasteiger partial charge in [-0.2, -0.15) is 13.2 Å². The molecule has 2 heterocycles. The highest BCUT2D eigenvalue weighted by Crippen LogP contribution is 2.43. The molecule has 1 aromatic rings. The lowest BCUT2D eigenvalue weighted by Crippen LogP contribution is -2.52. The predicted molar refractivity (Wildman–Crippen MR) is 61.1 cm³/mol. The van der Waals surface area contributed by atoms with Crippen LogP contribution in [-0.4, -0.2) is 35.1 Å². The summed E-state index contributed by atoms with van der Waals surface area (Å²) in [6.07, 6.45) is -1.78. The number of aromatic nitrogens is 2. The van der Waals surface area contributed by atoms with E-state index in [-0.39, 0.29) is 19.5 Å². The van der Waals surface area contributed by atoms with Gasteiger partial charge in [-0.15, -0.1) is 0 Å². The average molecular weight is 276 g/mol. The van der Waals surface area contributed by atoms with E-state index in [0.717, 1.165) is 0 Å². The van der Waals surface area contributed by atoms with Crippen molar-refractivity contribution in [2.75, 3.05) is 13.1 Å². The molecule has 0 radical (unpaired) electrons. The topological polar surface area (TPSA) is 69.8 Å². The van der Waals surface area contributed by atoms with Gasteiger partial charge < -0.3 is 15.6 Å². The molecule has 1 fully saturated rings. The van der Waals surface area contributed by atoms with Crippen molar-refractivity contribution in [3.63, 3.8) is 0 Å². The average Bonchev–Trinajstić information content (AvgIpc) is 3.00. The highest BCUT2D eigenvalue weighted by atomic mass is 19.4. The number of H-pyrrole nitrogens is 1. The number of alkyl halides is 3. The lowest BCUT2D eigenvalue weighted by molar-refractivity contribution is -0.216. The van der Waals surface area contributed by atoms with Crippen LogP contribution < -0.4 is 10.6 Å². The van der Waals surface area contributed by atoms with Crippen LogP contribution >= 0.6 is 0 Å². The van der Waals surface area contributed by atoms with E-state index in [4.69, 9.17) is 0 Å². The Kier molecular flexibility index (Phi) is 3.53. The summed E-state index contributed by atoms with van der Waals surface area (Å²) >= 11 is 0. The number of hydrogen-bond acceptors (Lipinski definition) is 3. The standard InChI is InChI=1S/C11H15F3N4O/c1-7(8-16-4-5-17-8)18-9(19)10(11(12,13)14)2-3-15-6-10/h4-5,7,15H,2-3,6H2,1H3,(H,16,17)(H,18,19). The molecular weight excluding hydrogens is 261 g/mol. The van der Waals surface area contributed by atoms with Crippen LogP contribution in [0, 0.1) is 5.41 Å². The van der Waals surface area contributed by atoms with Crippen LogP contribution in [-0.2, 0) is 4.79 Å². The minimum atomic E-state index is -4.57. The molecule has 1 saturated heterocycles. The molecule has 1 aromatic heterocycles. The molecule has 5 nitrogen and oxygen atoms in total. The van der Waals surface area contributed by atoms with Gasteiger partial charge in [0.25, 0.3) is 0 Å². The van der Waals surface area contributed by atoms with Crippen molar-refractivity contribution in [3.8, 4) is 0 Å². The van der Waals surface area contributed by atoms with E-state index in [0.29, 0.717) is 5.82 Å². The van der Waals surface area contributed by atoms with Gasteiger partial charge in [-0.3, -0.25) is 4.79 Å². The molecule has 0 aromatic carbocycles. The Morgan fingerprint density at radius 1 is 1.58 bits per heavy atom. The monoisotopic (exact) mass is 276 g/mol. The summed E-state index contributed by atoms with van der Waals surface area (Å²) in [7, 11) is 0. The minimum Gasteiger partial charge on any atom is -0.347 e. The SMILES string of the molecule is CC(NC(=O)C1(C(F)(F)F)CCNC1)c1ncc[nH]1. The van der Waals surface area contributed by atoms with Crippen LogP contribution in [0.2, 0.25) is 0 Å². The van der Waals surface area contributed by atoms with Gasteiger partial charge in [0, 0.05) is 18.9 Å². The van der Waals surface area contributed by atoms with Crippen molar-refractivity contribution in [3.05, 3.63) is 18.2 Å². The van der Waals surface area contributed by atoms with E-state index in [9.17, 15) is 18.0 Å². The molecular formula is C11H15F3N4O. The molecule has 1 aliphatic rings. The second kappa shape index (κ2) is 4.84. The van der Waals surface area contributed by atoms with Crippen LogP contribution in [0.3, 0.4) is 0 Å².